The second-order valence-electron chi connectivity index (χ2n) is 4.98. The zero-order chi connectivity index (χ0) is 15.4. The van der Waals surface area contributed by atoms with E-state index in [1.54, 1.807) is 6.92 Å². The highest BCUT2D eigenvalue weighted by Crippen LogP contribution is 2.28. The summed E-state index contributed by atoms with van der Waals surface area (Å²) in [5.74, 6) is 0.594. The molecule has 1 N–H and O–H groups in total. The van der Waals surface area contributed by atoms with E-state index < -0.39 is 6.10 Å². The van der Waals surface area contributed by atoms with E-state index >= 15 is 0 Å². The topological polar surface area (TPSA) is 38.3 Å². The molecule has 4 heteroatoms. The molecule has 0 aliphatic rings. The lowest BCUT2D eigenvalue weighted by molar-refractivity contribution is -0.122. The first-order valence-corrected chi connectivity index (χ1v) is 7.56. The summed E-state index contributed by atoms with van der Waals surface area (Å²) in [6.07, 6.45) is -0.566. The predicted molar refractivity (Wildman–Crippen MR) is 88.8 cm³/mol. The minimum absolute atomic E-state index is 0.164. The van der Waals surface area contributed by atoms with Crippen LogP contribution in [0.4, 0.5) is 5.69 Å². The van der Waals surface area contributed by atoms with Crippen molar-refractivity contribution in [2.75, 3.05) is 5.32 Å². The van der Waals surface area contributed by atoms with E-state index in [2.05, 4.69) is 21.2 Å². The van der Waals surface area contributed by atoms with Crippen molar-refractivity contribution in [1.29, 1.82) is 0 Å². The summed E-state index contributed by atoms with van der Waals surface area (Å²) < 4.78 is 6.84. The first-order valence-electron chi connectivity index (χ1n) is 6.76. The third kappa shape index (κ3) is 4.08. The van der Waals surface area contributed by atoms with Gasteiger partial charge in [-0.25, -0.2) is 0 Å². The van der Waals surface area contributed by atoms with Crippen LogP contribution in [0.1, 0.15) is 18.1 Å². The number of carbonyl (C=O) groups excluding carboxylic acids is 1. The monoisotopic (exact) mass is 347 g/mol. The van der Waals surface area contributed by atoms with Crippen molar-refractivity contribution in [3.8, 4) is 5.75 Å². The van der Waals surface area contributed by atoms with Gasteiger partial charge in [0.15, 0.2) is 6.10 Å². The van der Waals surface area contributed by atoms with Crippen LogP contribution in [0, 0.1) is 13.8 Å². The lowest BCUT2D eigenvalue weighted by Gasteiger charge is -2.18. The molecule has 0 aliphatic heterocycles. The maximum Gasteiger partial charge on any atom is 0.265 e. The number of benzene rings is 2. The summed E-state index contributed by atoms with van der Waals surface area (Å²) in [5, 5.41) is 2.84. The Morgan fingerprint density at radius 1 is 1.14 bits per heavy atom. The third-order valence-corrected chi connectivity index (χ3v) is 3.59. The van der Waals surface area contributed by atoms with E-state index in [0.717, 1.165) is 27.0 Å². The fourth-order valence-electron chi connectivity index (χ4n) is 2.08. The van der Waals surface area contributed by atoms with Crippen molar-refractivity contribution in [1.82, 2.24) is 0 Å². The Morgan fingerprint density at radius 3 is 2.29 bits per heavy atom. The fraction of sp³-hybridized carbons (Fsp3) is 0.235. The van der Waals surface area contributed by atoms with Crippen molar-refractivity contribution >= 4 is 27.5 Å². The van der Waals surface area contributed by atoms with Crippen LogP contribution in [0.3, 0.4) is 0 Å². The van der Waals surface area contributed by atoms with Gasteiger partial charge in [0.2, 0.25) is 0 Å². The second kappa shape index (κ2) is 6.76. The molecule has 0 saturated heterocycles. The molecule has 0 saturated carbocycles. The van der Waals surface area contributed by atoms with Crippen molar-refractivity contribution in [3.63, 3.8) is 0 Å². The maximum absolute atomic E-state index is 12.2. The Bertz CT molecular complexity index is 617. The minimum Gasteiger partial charge on any atom is -0.480 e. The molecule has 1 atom stereocenters. The van der Waals surface area contributed by atoms with Gasteiger partial charge in [-0.05, 0) is 56.2 Å². The van der Waals surface area contributed by atoms with Crippen LogP contribution >= 0.6 is 15.9 Å². The van der Waals surface area contributed by atoms with Crippen molar-refractivity contribution in [2.45, 2.75) is 26.9 Å². The third-order valence-electron chi connectivity index (χ3n) is 3.13. The molecular formula is C17H18BrNO2. The van der Waals surface area contributed by atoms with Gasteiger partial charge in [0.05, 0.1) is 0 Å². The van der Waals surface area contributed by atoms with Crippen molar-refractivity contribution in [3.05, 3.63) is 58.1 Å². The van der Waals surface area contributed by atoms with Crippen LogP contribution < -0.4 is 10.1 Å². The molecule has 2 aromatic rings. The van der Waals surface area contributed by atoms with E-state index in [4.69, 9.17) is 4.74 Å². The molecule has 0 radical (unpaired) electrons. The SMILES string of the molecule is Cc1cc(Br)cc(C)c1OC(C)C(=O)Nc1ccccc1. The van der Waals surface area contributed by atoms with Gasteiger partial charge >= 0.3 is 0 Å². The number of rotatable bonds is 4. The molecule has 21 heavy (non-hydrogen) atoms. The number of para-hydroxylation sites is 1. The van der Waals surface area contributed by atoms with Gasteiger partial charge in [-0.1, -0.05) is 34.1 Å². The van der Waals surface area contributed by atoms with E-state index in [1.165, 1.54) is 0 Å². The normalized spacial score (nSPS) is 11.8. The van der Waals surface area contributed by atoms with E-state index in [-0.39, 0.29) is 5.91 Å². The highest BCUT2D eigenvalue weighted by Gasteiger charge is 2.17. The Morgan fingerprint density at radius 2 is 1.71 bits per heavy atom. The van der Waals surface area contributed by atoms with E-state index in [9.17, 15) is 4.79 Å². The predicted octanol–water partition coefficient (Wildman–Crippen LogP) is 4.47. The number of hydrogen-bond acceptors (Lipinski definition) is 2. The summed E-state index contributed by atoms with van der Waals surface area (Å²) in [6, 6.07) is 13.3. The number of ether oxygens (including phenoxy) is 1. The highest BCUT2D eigenvalue weighted by molar-refractivity contribution is 9.10. The maximum atomic E-state index is 12.2. The van der Waals surface area contributed by atoms with Gasteiger partial charge < -0.3 is 10.1 Å². The summed E-state index contributed by atoms with van der Waals surface area (Å²) in [6.45, 7) is 5.68. The zero-order valence-corrected chi connectivity index (χ0v) is 13.9. The van der Waals surface area contributed by atoms with Crippen molar-refractivity contribution < 1.29 is 9.53 Å². The highest BCUT2D eigenvalue weighted by atomic mass is 79.9. The molecule has 0 heterocycles. The molecule has 2 aromatic carbocycles. The summed E-state index contributed by atoms with van der Waals surface area (Å²) in [5.41, 5.74) is 2.77. The number of anilines is 1. The Kier molecular flexibility index (Phi) is 5.02. The Labute approximate surface area is 133 Å². The number of halogens is 1. The van der Waals surface area contributed by atoms with Crippen LogP contribution in [-0.2, 0) is 4.79 Å². The summed E-state index contributed by atoms with van der Waals surface area (Å²) in [4.78, 5) is 12.2. The molecule has 0 bridgehead atoms. The quantitative estimate of drug-likeness (QED) is 0.885. The first kappa shape index (κ1) is 15.6. The van der Waals surface area contributed by atoms with Gasteiger partial charge in [-0.3, -0.25) is 4.79 Å². The average Bonchev–Trinajstić information content (AvgIpc) is 2.43. The molecular weight excluding hydrogens is 330 g/mol. The number of hydrogen-bond donors (Lipinski definition) is 1. The van der Waals surface area contributed by atoms with Crippen LogP contribution in [0.25, 0.3) is 0 Å². The molecule has 0 fully saturated rings. The average molecular weight is 348 g/mol. The van der Waals surface area contributed by atoms with Gasteiger partial charge in [0, 0.05) is 10.2 Å². The van der Waals surface area contributed by atoms with Gasteiger partial charge in [0.25, 0.3) is 5.91 Å². The van der Waals surface area contributed by atoms with Crippen LogP contribution in [0.15, 0.2) is 46.9 Å². The molecule has 0 spiro atoms. The molecule has 3 nitrogen and oxygen atoms in total. The standard InChI is InChI=1S/C17H18BrNO2/c1-11-9-14(18)10-12(2)16(11)21-13(3)17(20)19-15-7-5-4-6-8-15/h4-10,13H,1-3H3,(H,19,20). The number of nitrogens with one attached hydrogen (secondary N) is 1. The number of aryl methyl sites for hydroxylation is 2. The second-order valence-corrected chi connectivity index (χ2v) is 5.90. The van der Waals surface area contributed by atoms with E-state index in [1.807, 2.05) is 56.3 Å². The fourth-order valence-corrected chi connectivity index (χ4v) is 2.77. The Balaban J connectivity index is 2.08. The van der Waals surface area contributed by atoms with Gasteiger partial charge in [-0.2, -0.15) is 0 Å². The van der Waals surface area contributed by atoms with Crippen molar-refractivity contribution in [2.24, 2.45) is 0 Å². The number of amides is 1. The molecule has 110 valence electrons. The molecule has 0 aliphatic carbocycles. The lowest BCUT2D eigenvalue weighted by atomic mass is 10.1. The molecule has 1 unspecified atom stereocenters. The van der Waals surface area contributed by atoms with E-state index in [0.29, 0.717) is 0 Å². The lowest BCUT2D eigenvalue weighted by Crippen LogP contribution is -2.30. The zero-order valence-electron chi connectivity index (χ0n) is 12.3. The Hall–Kier alpha value is -1.81. The molecule has 2 rings (SSSR count). The first-order chi connectivity index (χ1) is 9.97. The minimum atomic E-state index is -0.566. The molecule has 1 amide bonds. The number of carbonyl (C=O) groups is 1. The van der Waals surface area contributed by atoms with Crippen LogP contribution in [0.2, 0.25) is 0 Å². The summed E-state index contributed by atoms with van der Waals surface area (Å²) >= 11 is 3.45. The van der Waals surface area contributed by atoms with Crippen LogP contribution in [0.5, 0.6) is 5.75 Å². The molecule has 0 aromatic heterocycles. The van der Waals surface area contributed by atoms with Crippen LogP contribution in [-0.4, -0.2) is 12.0 Å². The smallest absolute Gasteiger partial charge is 0.265 e. The largest absolute Gasteiger partial charge is 0.480 e. The van der Waals surface area contributed by atoms with Gasteiger partial charge in [-0.15, -0.1) is 0 Å². The van der Waals surface area contributed by atoms with Gasteiger partial charge in [0.1, 0.15) is 5.75 Å². The summed E-state index contributed by atoms with van der Waals surface area (Å²) in [7, 11) is 0.